The fourth-order valence-corrected chi connectivity index (χ4v) is 1.95. The molecule has 0 bridgehead atoms. The van der Waals surface area contributed by atoms with Crippen LogP contribution in [0.2, 0.25) is 10.0 Å². The predicted octanol–water partition coefficient (Wildman–Crippen LogP) is 3.86. The predicted molar refractivity (Wildman–Crippen MR) is 77.7 cm³/mol. The molecular formula is C14H14Cl2N2O. The van der Waals surface area contributed by atoms with Crippen molar-refractivity contribution in [3.05, 3.63) is 58.3 Å². The van der Waals surface area contributed by atoms with Gasteiger partial charge in [0.25, 0.3) is 0 Å². The van der Waals surface area contributed by atoms with Crippen molar-refractivity contribution in [2.45, 2.75) is 12.5 Å². The van der Waals surface area contributed by atoms with E-state index in [1.807, 2.05) is 24.3 Å². The van der Waals surface area contributed by atoms with Crippen LogP contribution in [0.5, 0.6) is 5.75 Å². The van der Waals surface area contributed by atoms with Crippen LogP contribution in [0.3, 0.4) is 0 Å². The maximum atomic E-state index is 5.80. The van der Waals surface area contributed by atoms with Crippen LogP contribution in [-0.2, 0) is 0 Å². The minimum atomic E-state index is 0.0555. The fraction of sp³-hybridized carbons (Fsp3) is 0.214. The van der Waals surface area contributed by atoms with Gasteiger partial charge in [-0.2, -0.15) is 0 Å². The number of pyridine rings is 1. The van der Waals surface area contributed by atoms with Gasteiger partial charge in [-0.1, -0.05) is 35.3 Å². The molecule has 5 heteroatoms. The van der Waals surface area contributed by atoms with Crippen molar-refractivity contribution in [2.75, 3.05) is 6.61 Å². The summed E-state index contributed by atoms with van der Waals surface area (Å²) < 4.78 is 5.35. The highest BCUT2D eigenvalue weighted by atomic mass is 35.5. The maximum Gasteiger partial charge on any atom is 0.142 e. The molecule has 2 heterocycles. The van der Waals surface area contributed by atoms with Gasteiger partial charge in [-0.05, 0) is 24.3 Å². The third kappa shape index (κ3) is 3.83. The fourth-order valence-electron chi connectivity index (χ4n) is 1.68. The van der Waals surface area contributed by atoms with Crippen LogP contribution >= 0.6 is 23.2 Å². The Labute approximate surface area is 122 Å². The zero-order valence-electron chi connectivity index (χ0n) is 10.2. The lowest BCUT2D eigenvalue weighted by atomic mass is 10.1. The van der Waals surface area contributed by atoms with E-state index in [0.717, 1.165) is 17.9 Å². The van der Waals surface area contributed by atoms with Gasteiger partial charge >= 0.3 is 0 Å². The number of ether oxygens (including phenoxy) is 1. The molecule has 0 aliphatic carbocycles. The number of hydrogen-bond acceptors (Lipinski definition) is 3. The van der Waals surface area contributed by atoms with Gasteiger partial charge in [-0.15, -0.1) is 0 Å². The van der Waals surface area contributed by atoms with Crippen molar-refractivity contribution in [1.29, 1.82) is 0 Å². The van der Waals surface area contributed by atoms with E-state index < -0.39 is 0 Å². The van der Waals surface area contributed by atoms with E-state index in [1.54, 1.807) is 18.3 Å². The highest BCUT2D eigenvalue weighted by Gasteiger charge is 2.17. The van der Waals surface area contributed by atoms with Gasteiger partial charge in [0.2, 0.25) is 0 Å². The molecule has 19 heavy (non-hydrogen) atoms. The largest absolute Gasteiger partial charge is 0.492 e. The normalized spacial score (nSPS) is 16.7. The van der Waals surface area contributed by atoms with Crippen molar-refractivity contribution >= 4 is 23.2 Å². The van der Waals surface area contributed by atoms with Gasteiger partial charge in [0.05, 0.1) is 28.4 Å². The summed E-state index contributed by atoms with van der Waals surface area (Å²) in [5, 5.41) is 1.21. The van der Waals surface area contributed by atoms with E-state index in [1.165, 1.54) is 0 Å². The lowest BCUT2D eigenvalue weighted by molar-refractivity contribution is 0.264. The summed E-state index contributed by atoms with van der Waals surface area (Å²) in [7, 11) is 0. The number of benzene rings is 1. The first-order valence-electron chi connectivity index (χ1n) is 5.92. The monoisotopic (exact) mass is 296 g/mol. The lowest BCUT2D eigenvalue weighted by Crippen LogP contribution is -2.21. The number of aromatic nitrogens is 1. The van der Waals surface area contributed by atoms with Crippen LogP contribution in [-0.4, -0.2) is 11.6 Å². The molecule has 3 rings (SSSR count). The second kappa shape index (κ2) is 6.75. The van der Waals surface area contributed by atoms with Crippen LogP contribution in [0.25, 0.3) is 0 Å². The van der Waals surface area contributed by atoms with E-state index in [0.29, 0.717) is 16.7 Å². The summed E-state index contributed by atoms with van der Waals surface area (Å²) in [6.07, 6.45) is 2.61. The van der Waals surface area contributed by atoms with E-state index in [-0.39, 0.29) is 6.04 Å². The van der Waals surface area contributed by atoms with Gasteiger partial charge in [-0.3, -0.25) is 4.98 Å². The minimum absolute atomic E-state index is 0.0555. The first kappa shape index (κ1) is 14.1. The van der Waals surface area contributed by atoms with Crippen LogP contribution < -0.4 is 10.5 Å². The van der Waals surface area contributed by atoms with Gasteiger partial charge in [0, 0.05) is 12.6 Å². The number of nitrogens with zero attached hydrogens (tertiary/aromatic N) is 1. The van der Waals surface area contributed by atoms with Crippen LogP contribution in [0.4, 0.5) is 0 Å². The summed E-state index contributed by atoms with van der Waals surface area (Å²) in [4.78, 5) is 4.15. The summed E-state index contributed by atoms with van der Waals surface area (Å²) in [6.45, 7) is 0.708. The third-order valence-corrected chi connectivity index (χ3v) is 3.42. The molecule has 100 valence electrons. The third-order valence-electron chi connectivity index (χ3n) is 2.66. The topological polar surface area (TPSA) is 48.1 Å². The highest BCUT2D eigenvalue weighted by molar-refractivity contribution is 6.41. The molecule has 0 radical (unpaired) electrons. The Morgan fingerprint density at radius 1 is 1.11 bits per heavy atom. The molecule has 1 aliphatic rings. The number of nitrogens with two attached hydrogens (primary N) is 1. The summed E-state index contributed by atoms with van der Waals surface area (Å²) >= 11 is 11.2. The van der Waals surface area contributed by atoms with E-state index >= 15 is 0 Å². The smallest absolute Gasteiger partial charge is 0.142 e. The number of rotatable bonds is 0. The number of fused-ring (bicyclic) bond motifs is 1. The molecule has 0 amide bonds. The van der Waals surface area contributed by atoms with E-state index in [2.05, 4.69) is 4.98 Å². The SMILES string of the molecule is Clc1ccccc1Cl.N[C@@H]1CCOc2cccnc21. The zero-order chi connectivity index (χ0) is 13.7. The first-order valence-corrected chi connectivity index (χ1v) is 6.67. The molecule has 3 nitrogen and oxygen atoms in total. The Morgan fingerprint density at radius 3 is 2.37 bits per heavy atom. The highest BCUT2D eigenvalue weighted by Crippen LogP contribution is 2.27. The standard InChI is InChI=1S/C8H10N2O.C6H4Cl2/c9-6-3-5-11-7-2-1-4-10-8(6)7;7-5-3-1-2-4-6(5)8/h1-2,4,6H,3,5,9H2;1-4H/t6-;/m1./s1. The Morgan fingerprint density at radius 2 is 1.79 bits per heavy atom. The van der Waals surface area contributed by atoms with Crippen LogP contribution in [0.15, 0.2) is 42.6 Å². The second-order valence-corrected chi connectivity index (χ2v) is 4.86. The lowest BCUT2D eigenvalue weighted by Gasteiger charge is -2.20. The Kier molecular flexibility index (Phi) is 5.02. The molecule has 2 aromatic rings. The average Bonchev–Trinajstić information content (AvgIpc) is 2.44. The molecule has 0 unspecified atom stereocenters. The van der Waals surface area contributed by atoms with Crippen molar-refractivity contribution in [2.24, 2.45) is 5.73 Å². The number of halogens is 2. The Bertz CT molecular complexity index is 527. The van der Waals surface area contributed by atoms with Gasteiger partial charge in [0.1, 0.15) is 5.75 Å². The number of hydrogen-bond donors (Lipinski definition) is 1. The second-order valence-electron chi connectivity index (χ2n) is 4.04. The minimum Gasteiger partial charge on any atom is -0.492 e. The Hall–Kier alpha value is -1.29. The molecule has 0 saturated heterocycles. The molecular weight excluding hydrogens is 283 g/mol. The Balaban J connectivity index is 0.000000148. The molecule has 0 saturated carbocycles. The molecule has 1 aromatic heterocycles. The maximum absolute atomic E-state index is 5.80. The molecule has 0 spiro atoms. The van der Waals surface area contributed by atoms with E-state index in [4.69, 9.17) is 33.7 Å². The molecule has 1 aromatic carbocycles. The summed E-state index contributed by atoms with van der Waals surface area (Å²) in [5.74, 6) is 0.839. The molecule has 2 N–H and O–H groups in total. The van der Waals surface area contributed by atoms with Crippen molar-refractivity contribution in [1.82, 2.24) is 4.98 Å². The first-order chi connectivity index (χ1) is 9.18. The van der Waals surface area contributed by atoms with Crippen molar-refractivity contribution in [3.63, 3.8) is 0 Å². The van der Waals surface area contributed by atoms with E-state index in [9.17, 15) is 0 Å². The summed E-state index contributed by atoms with van der Waals surface area (Å²) in [5.41, 5.74) is 6.69. The molecule has 0 fully saturated rings. The van der Waals surface area contributed by atoms with Crippen LogP contribution in [0, 0.1) is 0 Å². The quantitative estimate of drug-likeness (QED) is 0.803. The van der Waals surface area contributed by atoms with Crippen molar-refractivity contribution in [3.8, 4) is 5.75 Å². The average molecular weight is 297 g/mol. The van der Waals surface area contributed by atoms with Gasteiger partial charge in [0.15, 0.2) is 0 Å². The zero-order valence-corrected chi connectivity index (χ0v) is 11.7. The molecule has 1 atom stereocenters. The van der Waals surface area contributed by atoms with Crippen molar-refractivity contribution < 1.29 is 4.74 Å². The van der Waals surface area contributed by atoms with Gasteiger partial charge < -0.3 is 10.5 Å². The molecule has 1 aliphatic heterocycles. The van der Waals surface area contributed by atoms with Crippen LogP contribution in [0.1, 0.15) is 18.2 Å². The summed E-state index contributed by atoms with van der Waals surface area (Å²) in [6, 6.07) is 11.0. The van der Waals surface area contributed by atoms with Gasteiger partial charge in [-0.25, -0.2) is 0 Å².